The Morgan fingerprint density at radius 1 is 1.35 bits per heavy atom. The van der Waals surface area contributed by atoms with Crippen LogP contribution in [0.4, 0.5) is 18.9 Å². The number of hydrogen-bond acceptors (Lipinski definition) is 5. The number of aryl methyl sites for hydroxylation is 1. The van der Waals surface area contributed by atoms with Gasteiger partial charge in [0, 0.05) is 0 Å². The lowest BCUT2D eigenvalue weighted by Crippen LogP contribution is -2.40. The first kappa shape index (κ1) is 18.3. The molecule has 1 aliphatic heterocycles. The highest BCUT2D eigenvalue weighted by molar-refractivity contribution is 7.51. The van der Waals surface area contributed by atoms with Gasteiger partial charge in [-0.25, -0.2) is 0 Å². The maximum absolute atomic E-state index is 13.2. The molecule has 1 aromatic heterocycles. The zero-order valence-electron chi connectivity index (χ0n) is 12.5. The summed E-state index contributed by atoms with van der Waals surface area (Å²) in [6.45, 7) is 0. The normalized spacial score (nSPS) is 17.5. The molecule has 3 rings (SSSR count). The quantitative estimate of drug-likeness (QED) is 0.299. The Morgan fingerprint density at radius 3 is 2.46 bits per heavy atom. The van der Waals surface area contributed by atoms with Crippen molar-refractivity contribution in [3.63, 3.8) is 0 Å². The van der Waals surface area contributed by atoms with Crippen molar-refractivity contribution in [1.29, 1.82) is 0 Å². The van der Waals surface area contributed by atoms with Crippen LogP contribution < -0.4 is 11.1 Å². The number of benzene rings is 1. The molecule has 0 saturated carbocycles. The molecule has 0 amide bonds. The maximum Gasteiger partial charge on any atom is 0.423 e. The van der Waals surface area contributed by atoms with Gasteiger partial charge in [-0.1, -0.05) is 0 Å². The molecule has 3 N–H and O–H groups in total. The van der Waals surface area contributed by atoms with E-state index in [1.165, 1.54) is 0 Å². The molecule has 1 aromatic carbocycles. The van der Waals surface area contributed by atoms with E-state index in [0.717, 1.165) is 0 Å². The van der Waals surface area contributed by atoms with Crippen LogP contribution in [-0.2, 0) is 17.2 Å². The first-order chi connectivity index (χ1) is 11.8. The molecule has 2 aromatic rings. The molecule has 14 heteroatoms. The lowest BCUT2D eigenvalue weighted by atomic mass is 9.97. The third kappa shape index (κ3) is 2.64. The Kier molecular flexibility index (Phi) is 3.87. The summed E-state index contributed by atoms with van der Waals surface area (Å²) in [7, 11) is -4.97. The topological polar surface area (TPSA) is 156 Å². The molecule has 0 spiro atoms. The average molecular weight is 395 g/mol. The summed E-state index contributed by atoms with van der Waals surface area (Å²) >= 11 is 0. The second-order valence-corrected chi connectivity index (χ2v) is 7.41. The van der Waals surface area contributed by atoms with E-state index in [2.05, 4.69) is 0 Å². The fourth-order valence-electron chi connectivity index (χ4n) is 3.14. The Labute approximate surface area is 140 Å². The Balaban J connectivity index is 2.60. The molecule has 0 fully saturated rings. The van der Waals surface area contributed by atoms with Crippen molar-refractivity contribution in [2.75, 3.05) is 0 Å². The Hall–Kier alpha value is -2.50. The van der Waals surface area contributed by atoms with E-state index < -0.39 is 76.3 Å². The number of hydrogen-bond donors (Lipinski definition) is 3. The Bertz CT molecular complexity index is 1110. The first-order valence-corrected chi connectivity index (χ1v) is 8.63. The van der Waals surface area contributed by atoms with Gasteiger partial charge >= 0.3 is 24.9 Å². The van der Waals surface area contributed by atoms with Crippen molar-refractivity contribution in [2.24, 2.45) is 0 Å². The summed E-state index contributed by atoms with van der Waals surface area (Å²) in [5.41, 5.74) is -7.33. The smallest absolute Gasteiger partial charge is 0.323 e. The zero-order valence-corrected chi connectivity index (χ0v) is 13.4. The Morgan fingerprint density at radius 2 is 1.96 bits per heavy atom. The van der Waals surface area contributed by atoms with Crippen LogP contribution in [0.1, 0.15) is 23.3 Å². The van der Waals surface area contributed by atoms with E-state index in [1.807, 2.05) is 4.98 Å². The van der Waals surface area contributed by atoms with Crippen LogP contribution in [0, 0.1) is 10.1 Å². The molecule has 1 atom stereocenters. The highest BCUT2D eigenvalue weighted by atomic mass is 31.2. The van der Waals surface area contributed by atoms with Crippen molar-refractivity contribution < 1.29 is 32.4 Å². The van der Waals surface area contributed by atoms with Gasteiger partial charge in [0.1, 0.15) is 11.3 Å². The number of nitrogens with one attached hydrogen (secondary N) is 1. The molecule has 2 heterocycles. The summed E-state index contributed by atoms with van der Waals surface area (Å²) in [5, 5.41) is 11.3. The van der Waals surface area contributed by atoms with Crippen LogP contribution in [0.3, 0.4) is 0 Å². The number of rotatable bonds is 2. The van der Waals surface area contributed by atoms with E-state index >= 15 is 0 Å². The van der Waals surface area contributed by atoms with Crippen LogP contribution in [0.15, 0.2) is 15.7 Å². The van der Waals surface area contributed by atoms with Gasteiger partial charge in [-0.15, -0.1) is 0 Å². The van der Waals surface area contributed by atoms with Crippen molar-refractivity contribution in [1.82, 2.24) is 9.55 Å². The lowest BCUT2D eigenvalue weighted by Gasteiger charge is -2.28. The molecule has 0 aliphatic carbocycles. The lowest BCUT2D eigenvalue weighted by molar-refractivity contribution is -0.388. The third-order valence-corrected chi connectivity index (χ3v) is 5.37. The maximum atomic E-state index is 13.2. The van der Waals surface area contributed by atoms with Crippen LogP contribution in [-0.4, -0.2) is 24.3 Å². The van der Waals surface area contributed by atoms with Gasteiger partial charge in [0.15, 0.2) is 0 Å². The molecule has 0 saturated heterocycles. The molecular weight excluding hydrogens is 386 g/mol. The molecule has 10 nitrogen and oxygen atoms in total. The van der Waals surface area contributed by atoms with E-state index in [0.29, 0.717) is 4.57 Å². The predicted octanol–water partition coefficient (Wildman–Crippen LogP) is 1.24. The van der Waals surface area contributed by atoms with Gasteiger partial charge in [0.25, 0.3) is 5.69 Å². The molecule has 26 heavy (non-hydrogen) atoms. The summed E-state index contributed by atoms with van der Waals surface area (Å²) in [4.78, 5) is 54.6. The van der Waals surface area contributed by atoms with Crippen LogP contribution >= 0.6 is 7.60 Å². The summed E-state index contributed by atoms with van der Waals surface area (Å²) in [6.07, 6.45) is -6.15. The number of aromatic nitrogens is 2. The second-order valence-electron chi connectivity index (χ2n) is 5.64. The van der Waals surface area contributed by atoms with Crippen molar-refractivity contribution in [3.05, 3.63) is 48.0 Å². The van der Waals surface area contributed by atoms with E-state index in [9.17, 15) is 47.2 Å². The first-order valence-electron chi connectivity index (χ1n) is 6.95. The van der Waals surface area contributed by atoms with Crippen molar-refractivity contribution in [2.45, 2.75) is 24.8 Å². The van der Waals surface area contributed by atoms with E-state index in [1.54, 1.807) is 0 Å². The predicted molar refractivity (Wildman–Crippen MR) is 79.9 cm³/mol. The molecule has 1 aliphatic rings. The number of H-pyrrole nitrogens is 1. The largest absolute Gasteiger partial charge is 0.423 e. The molecule has 0 bridgehead atoms. The van der Waals surface area contributed by atoms with Gasteiger partial charge in [-0.2, -0.15) is 13.2 Å². The van der Waals surface area contributed by atoms with Gasteiger partial charge < -0.3 is 14.8 Å². The number of nitrogens with zero attached hydrogens (tertiary/aromatic N) is 2. The minimum absolute atomic E-state index is 0.288. The van der Waals surface area contributed by atoms with Crippen LogP contribution in [0.25, 0.3) is 11.0 Å². The molecule has 1 unspecified atom stereocenters. The average Bonchev–Trinajstić information content (AvgIpc) is 2.49. The highest BCUT2D eigenvalue weighted by Gasteiger charge is 2.44. The molecule has 140 valence electrons. The highest BCUT2D eigenvalue weighted by Crippen LogP contribution is 2.54. The second kappa shape index (κ2) is 5.50. The molecular formula is C12H9F3N3O7P. The van der Waals surface area contributed by atoms with Crippen LogP contribution in [0.5, 0.6) is 0 Å². The van der Waals surface area contributed by atoms with Gasteiger partial charge in [0.05, 0.1) is 21.5 Å². The molecule has 0 radical (unpaired) electrons. The standard InChI is InChI=1S/C12H9F3N3O7P/c13-12(14,15)5-3-6-9-4(8(5)18(21)22)1-2-7(26(23,24)25)17(9)11(20)10(19)16-6/h3,7H,1-2H2,(H,16,19)(H2,23,24,25). The van der Waals surface area contributed by atoms with Crippen LogP contribution in [0.2, 0.25) is 0 Å². The van der Waals surface area contributed by atoms with Crippen molar-refractivity contribution in [3.8, 4) is 0 Å². The SMILES string of the molecule is O=c1[nH]c2cc(C(F)(F)F)c([N+](=O)[O-])c3c2n(c1=O)C(P(=O)(O)O)CC3. The fraction of sp³-hybridized carbons (Fsp3) is 0.333. The zero-order chi connectivity index (χ0) is 19.6. The van der Waals surface area contributed by atoms with Gasteiger partial charge in [-0.3, -0.25) is 28.8 Å². The number of aromatic amines is 1. The summed E-state index contributed by atoms with van der Waals surface area (Å²) in [6, 6.07) is 0.288. The van der Waals surface area contributed by atoms with Gasteiger partial charge in [0.2, 0.25) is 0 Å². The van der Waals surface area contributed by atoms with E-state index in [-0.39, 0.29) is 6.07 Å². The van der Waals surface area contributed by atoms with Gasteiger partial charge in [-0.05, 0) is 18.9 Å². The number of nitro groups is 1. The van der Waals surface area contributed by atoms with E-state index in [4.69, 9.17) is 0 Å². The summed E-state index contributed by atoms with van der Waals surface area (Å²) < 4.78 is 51.7. The minimum Gasteiger partial charge on any atom is -0.323 e. The van der Waals surface area contributed by atoms with Crippen molar-refractivity contribution >= 4 is 24.3 Å². The fourth-order valence-corrected chi connectivity index (χ4v) is 4.13. The number of alkyl halides is 3. The number of halogens is 3. The number of nitro benzene ring substituents is 1. The monoisotopic (exact) mass is 395 g/mol. The minimum atomic E-state index is -5.12. The summed E-state index contributed by atoms with van der Waals surface area (Å²) in [5.74, 6) is -1.80. The third-order valence-electron chi connectivity index (χ3n) is 4.10.